The Morgan fingerprint density at radius 1 is 0.345 bits per heavy atom. The molecule has 11 rings (SSSR count). The van der Waals surface area contributed by atoms with Gasteiger partial charge in [-0.3, -0.25) is 0 Å². The SMILES string of the molecule is CC1(C)c2ccccc2-c2ccc(-c3cccc(-c4ccc5oc6cccc(-c7nc(-c8ccccc8)nc(-c8cccc(-c9ccccc9)c8)n7)c6c5c4)c3)cc21. The highest BCUT2D eigenvalue weighted by atomic mass is 16.3. The third-order valence-corrected chi connectivity index (χ3v) is 11.7. The number of aromatic nitrogens is 3. The van der Waals surface area contributed by atoms with E-state index in [0.717, 1.165) is 60.9 Å². The molecular weight excluding hydrogens is 707 g/mol. The van der Waals surface area contributed by atoms with E-state index in [2.05, 4.69) is 153 Å². The maximum absolute atomic E-state index is 6.51. The first-order valence-electron chi connectivity index (χ1n) is 19.8. The summed E-state index contributed by atoms with van der Waals surface area (Å²) in [6.45, 7) is 4.67. The van der Waals surface area contributed by atoms with Crippen LogP contribution in [0, 0.1) is 0 Å². The molecule has 1 aliphatic rings. The van der Waals surface area contributed by atoms with Gasteiger partial charge < -0.3 is 4.42 Å². The van der Waals surface area contributed by atoms with Gasteiger partial charge in [-0.15, -0.1) is 0 Å². The molecule has 4 heteroatoms. The summed E-state index contributed by atoms with van der Waals surface area (Å²) < 4.78 is 6.51. The van der Waals surface area contributed by atoms with Crippen molar-refractivity contribution in [3.8, 4) is 78.7 Å². The Labute approximate surface area is 337 Å². The monoisotopic (exact) mass is 743 g/mol. The van der Waals surface area contributed by atoms with E-state index in [9.17, 15) is 0 Å². The first-order valence-corrected chi connectivity index (χ1v) is 19.8. The molecule has 0 spiro atoms. The van der Waals surface area contributed by atoms with Gasteiger partial charge in [-0.25, -0.2) is 15.0 Å². The van der Waals surface area contributed by atoms with Crippen molar-refractivity contribution in [2.75, 3.05) is 0 Å². The van der Waals surface area contributed by atoms with Crippen molar-refractivity contribution in [3.63, 3.8) is 0 Å². The number of nitrogens with zero attached hydrogens (tertiary/aromatic N) is 3. The highest BCUT2D eigenvalue weighted by Gasteiger charge is 2.35. The number of hydrogen-bond donors (Lipinski definition) is 0. The Balaban J connectivity index is 1.03. The van der Waals surface area contributed by atoms with Crippen LogP contribution in [0.15, 0.2) is 192 Å². The van der Waals surface area contributed by atoms with Crippen LogP contribution in [0.2, 0.25) is 0 Å². The van der Waals surface area contributed by atoms with Gasteiger partial charge in [0.2, 0.25) is 0 Å². The first kappa shape index (κ1) is 33.9. The normalized spacial score (nSPS) is 12.8. The summed E-state index contributed by atoms with van der Waals surface area (Å²) >= 11 is 0. The highest BCUT2D eigenvalue weighted by Crippen LogP contribution is 2.49. The van der Waals surface area contributed by atoms with Crippen molar-refractivity contribution < 1.29 is 4.42 Å². The highest BCUT2D eigenvalue weighted by molar-refractivity contribution is 6.12. The van der Waals surface area contributed by atoms with Gasteiger partial charge in [-0.1, -0.05) is 166 Å². The zero-order valence-electron chi connectivity index (χ0n) is 32.1. The lowest BCUT2D eigenvalue weighted by Crippen LogP contribution is -2.14. The summed E-state index contributed by atoms with van der Waals surface area (Å²) in [5.74, 6) is 1.82. The molecule has 1 aliphatic carbocycles. The van der Waals surface area contributed by atoms with Gasteiger partial charge >= 0.3 is 0 Å². The molecule has 0 amide bonds. The number of furan rings is 1. The van der Waals surface area contributed by atoms with Gasteiger partial charge in [-0.05, 0) is 92.0 Å². The minimum atomic E-state index is -0.0576. The topological polar surface area (TPSA) is 51.8 Å². The van der Waals surface area contributed by atoms with E-state index < -0.39 is 0 Å². The average molecular weight is 744 g/mol. The minimum absolute atomic E-state index is 0.0576. The van der Waals surface area contributed by atoms with Crippen LogP contribution in [0.4, 0.5) is 0 Å². The average Bonchev–Trinajstić information content (AvgIpc) is 3.78. The second-order valence-electron chi connectivity index (χ2n) is 15.6. The maximum Gasteiger partial charge on any atom is 0.164 e. The minimum Gasteiger partial charge on any atom is -0.456 e. The van der Waals surface area contributed by atoms with E-state index in [1.165, 1.54) is 33.4 Å². The zero-order valence-corrected chi connectivity index (χ0v) is 32.1. The Bertz CT molecular complexity index is 3200. The lowest BCUT2D eigenvalue weighted by molar-refractivity contribution is 0.660. The van der Waals surface area contributed by atoms with Crippen LogP contribution in [0.25, 0.3) is 101 Å². The number of benzene rings is 8. The van der Waals surface area contributed by atoms with E-state index in [0.29, 0.717) is 17.5 Å². The van der Waals surface area contributed by atoms with Gasteiger partial charge in [0.05, 0.1) is 0 Å². The molecule has 0 aliphatic heterocycles. The van der Waals surface area contributed by atoms with E-state index in [1.807, 2.05) is 48.5 Å². The van der Waals surface area contributed by atoms with Crippen LogP contribution < -0.4 is 0 Å². The second kappa shape index (κ2) is 13.4. The molecule has 58 heavy (non-hydrogen) atoms. The standard InChI is InChI=1S/C54H37N3O/c1-54(2)46-24-10-9-22-42(46)43-28-26-40(33-47(43)54)38-20-11-19-37(30-38)39-27-29-48-45(32-39)50-44(23-13-25-49(50)58-48)53-56-51(35-16-7-4-8-17-35)55-52(57-53)41-21-12-18-36(31-41)34-14-5-3-6-15-34/h3-33H,1-2H3. The van der Waals surface area contributed by atoms with Gasteiger partial charge in [-0.2, -0.15) is 0 Å². The Hall–Kier alpha value is -7.43. The molecule has 0 N–H and O–H groups in total. The molecule has 274 valence electrons. The fourth-order valence-corrected chi connectivity index (χ4v) is 8.77. The predicted molar refractivity (Wildman–Crippen MR) is 237 cm³/mol. The predicted octanol–water partition coefficient (Wildman–Crippen LogP) is 14.1. The molecule has 0 saturated heterocycles. The summed E-state index contributed by atoms with van der Waals surface area (Å²) in [5.41, 5.74) is 16.6. The van der Waals surface area contributed by atoms with Crippen molar-refractivity contribution >= 4 is 21.9 Å². The molecule has 2 aromatic heterocycles. The summed E-state index contributed by atoms with van der Waals surface area (Å²) in [6, 6.07) is 66.1. The van der Waals surface area contributed by atoms with Gasteiger partial charge in [0.1, 0.15) is 11.2 Å². The Morgan fingerprint density at radius 2 is 0.862 bits per heavy atom. The van der Waals surface area contributed by atoms with E-state index in [-0.39, 0.29) is 5.41 Å². The largest absolute Gasteiger partial charge is 0.456 e. The molecule has 2 heterocycles. The van der Waals surface area contributed by atoms with Crippen LogP contribution in [-0.4, -0.2) is 15.0 Å². The first-order chi connectivity index (χ1) is 28.5. The maximum atomic E-state index is 6.51. The molecule has 10 aromatic rings. The van der Waals surface area contributed by atoms with Crippen molar-refractivity contribution in [3.05, 3.63) is 199 Å². The van der Waals surface area contributed by atoms with Gasteiger partial charge in [0.15, 0.2) is 17.5 Å². The van der Waals surface area contributed by atoms with E-state index in [1.54, 1.807) is 0 Å². The summed E-state index contributed by atoms with van der Waals surface area (Å²) in [4.78, 5) is 15.4. The molecule has 0 fully saturated rings. The molecular formula is C54H37N3O. The van der Waals surface area contributed by atoms with Gasteiger partial charge in [0, 0.05) is 32.9 Å². The van der Waals surface area contributed by atoms with Crippen LogP contribution in [-0.2, 0) is 5.41 Å². The molecule has 0 unspecified atom stereocenters. The van der Waals surface area contributed by atoms with Crippen LogP contribution in [0.1, 0.15) is 25.0 Å². The van der Waals surface area contributed by atoms with Gasteiger partial charge in [0.25, 0.3) is 0 Å². The van der Waals surface area contributed by atoms with E-state index in [4.69, 9.17) is 19.4 Å². The third kappa shape index (κ3) is 5.64. The van der Waals surface area contributed by atoms with Crippen LogP contribution >= 0.6 is 0 Å². The number of fused-ring (bicyclic) bond motifs is 6. The molecule has 0 radical (unpaired) electrons. The van der Waals surface area contributed by atoms with Crippen molar-refractivity contribution in [1.29, 1.82) is 0 Å². The summed E-state index contributed by atoms with van der Waals surface area (Å²) in [7, 11) is 0. The molecule has 0 saturated carbocycles. The Kier molecular flexibility index (Phi) is 7.80. The molecule has 8 aromatic carbocycles. The van der Waals surface area contributed by atoms with Crippen LogP contribution in [0.5, 0.6) is 0 Å². The quantitative estimate of drug-likeness (QED) is 0.170. The smallest absolute Gasteiger partial charge is 0.164 e. The third-order valence-electron chi connectivity index (χ3n) is 11.7. The second-order valence-corrected chi connectivity index (χ2v) is 15.6. The number of hydrogen-bond acceptors (Lipinski definition) is 4. The Morgan fingerprint density at radius 3 is 1.64 bits per heavy atom. The molecule has 4 nitrogen and oxygen atoms in total. The summed E-state index contributed by atoms with van der Waals surface area (Å²) in [6.07, 6.45) is 0. The van der Waals surface area contributed by atoms with Crippen molar-refractivity contribution in [1.82, 2.24) is 15.0 Å². The lowest BCUT2D eigenvalue weighted by Gasteiger charge is -2.22. The van der Waals surface area contributed by atoms with Crippen molar-refractivity contribution in [2.24, 2.45) is 0 Å². The number of rotatable bonds is 6. The summed E-state index contributed by atoms with van der Waals surface area (Å²) in [5, 5.41) is 1.99. The lowest BCUT2D eigenvalue weighted by atomic mass is 9.81. The van der Waals surface area contributed by atoms with E-state index >= 15 is 0 Å². The molecule has 0 bridgehead atoms. The zero-order chi connectivity index (χ0) is 38.8. The fourth-order valence-electron chi connectivity index (χ4n) is 8.77. The van der Waals surface area contributed by atoms with Crippen molar-refractivity contribution in [2.45, 2.75) is 19.3 Å². The molecule has 0 atom stereocenters. The van der Waals surface area contributed by atoms with Crippen LogP contribution in [0.3, 0.4) is 0 Å². The fraction of sp³-hybridized carbons (Fsp3) is 0.0556.